The summed E-state index contributed by atoms with van der Waals surface area (Å²) in [7, 11) is 0. The van der Waals surface area contributed by atoms with Gasteiger partial charge in [0.15, 0.2) is 0 Å². The molecule has 0 unspecified atom stereocenters. The van der Waals surface area contributed by atoms with E-state index < -0.39 is 5.82 Å². The van der Waals surface area contributed by atoms with Crippen LogP contribution in [0, 0.1) is 25.5 Å². The molecular weight excluding hydrogens is 410 g/mol. The Morgan fingerprint density at radius 3 is 2.44 bits per heavy atom. The molecule has 5 nitrogen and oxygen atoms in total. The van der Waals surface area contributed by atoms with Gasteiger partial charge in [0.1, 0.15) is 23.3 Å². The molecule has 1 aliphatic heterocycles. The Morgan fingerprint density at radius 1 is 0.938 bits per heavy atom. The van der Waals surface area contributed by atoms with E-state index in [4.69, 9.17) is 4.98 Å². The molecule has 1 saturated heterocycles. The maximum atomic E-state index is 13.7. The normalized spacial score (nSPS) is 14.4. The Bertz CT molecular complexity index is 1130. The first kappa shape index (κ1) is 21.9. The van der Waals surface area contributed by atoms with Crippen molar-refractivity contribution in [2.45, 2.75) is 26.7 Å². The Hall–Kier alpha value is -3.35. The Labute approximate surface area is 186 Å². The number of hydrogen-bond acceptors (Lipinski definition) is 4. The number of halogens is 2. The summed E-state index contributed by atoms with van der Waals surface area (Å²) in [6.07, 6.45) is 1.30. The number of carbonyl (C=O) groups excluding carboxylic acids is 1. The molecule has 3 aromatic rings. The van der Waals surface area contributed by atoms with E-state index in [9.17, 15) is 13.6 Å². The van der Waals surface area contributed by atoms with Gasteiger partial charge in [0.05, 0.1) is 0 Å². The van der Waals surface area contributed by atoms with Gasteiger partial charge in [-0.1, -0.05) is 18.2 Å². The molecule has 0 spiro atoms. The zero-order chi connectivity index (χ0) is 22.7. The monoisotopic (exact) mass is 436 g/mol. The van der Waals surface area contributed by atoms with Gasteiger partial charge in [-0.05, 0) is 56.2 Å². The van der Waals surface area contributed by atoms with Gasteiger partial charge in [0.2, 0.25) is 0 Å². The molecule has 0 radical (unpaired) electrons. The molecule has 0 saturated carbocycles. The summed E-state index contributed by atoms with van der Waals surface area (Å²) in [5.74, 6) is 0.662. The third-order valence-electron chi connectivity index (χ3n) is 5.73. The topological polar surface area (TPSA) is 49.3 Å². The standard InChI is InChI=1S/C25H26F2N4O/c1-17-23(15-19-6-3-8-21(26)14-19)24(29-18(2)28-17)30-10-5-11-31(13-12-30)25(32)20-7-4-9-22(27)16-20/h3-4,6-9,14,16H,5,10-13,15H2,1-2H3. The van der Waals surface area contributed by atoms with Crippen molar-refractivity contribution in [2.24, 2.45) is 0 Å². The third kappa shape index (κ3) is 4.93. The lowest BCUT2D eigenvalue weighted by atomic mass is 10.0. The van der Waals surface area contributed by atoms with Crippen LogP contribution in [0.1, 0.15) is 39.4 Å². The van der Waals surface area contributed by atoms with Gasteiger partial charge in [-0.25, -0.2) is 18.7 Å². The average Bonchev–Trinajstić information content (AvgIpc) is 3.01. The highest BCUT2D eigenvalue weighted by Crippen LogP contribution is 2.25. The van der Waals surface area contributed by atoms with E-state index in [2.05, 4.69) is 9.88 Å². The van der Waals surface area contributed by atoms with Gasteiger partial charge in [-0.2, -0.15) is 0 Å². The lowest BCUT2D eigenvalue weighted by molar-refractivity contribution is 0.0766. The minimum absolute atomic E-state index is 0.165. The summed E-state index contributed by atoms with van der Waals surface area (Å²) in [6.45, 7) is 6.25. The fraction of sp³-hybridized carbons (Fsp3) is 0.320. The van der Waals surface area contributed by atoms with Crippen LogP contribution in [0.5, 0.6) is 0 Å². The summed E-state index contributed by atoms with van der Waals surface area (Å²) < 4.78 is 27.3. The fourth-order valence-corrected chi connectivity index (χ4v) is 4.17. The van der Waals surface area contributed by atoms with Gasteiger partial charge < -0.3 is 9.80 Å². The summed E-state index contributed by atoms with van der Waals surface area (Å²) in [4.78, 5) is 26.1. The number of aromatic nitrogens is 2. The lowest BCUT2D eigenvalue weighted by Crippen LogP contribution is -2.35. The first-order valence-electron chi connectivity index (χ1n) is 10.8. The Kier molecular flexibility index (Phi) is 6.44. The molecule has 4 rings (SSSR count). The quantitative estimate of drug-likeness (QED) is 0.611. The molecule has 2 aromatic carbocycles. The molecule has 0 atom stereocenters. The van der Waals surface area contributed by atoms with Crippen LogP contribution in [0.15, 0.2) is 48.5 Å². The van der Waals surface area contributed by atoms with Crippen LogP contribution in [0.2, 0.25) is 0 Å². The van der Waals surface area contributed by atoms with Crippen molar-refractivity contribution in [3.8, 4) is 0 Å². The van der Waals surface area contributed by atoms with E-state index in [1.165, 1.54) is 24.3 Å². The van der Waals surface area contributed by atoms with Crippen LogP contribution in [0.3, 0.4) is 0 Å². The van der Waals surface area contributed by atoms with Gasteiger partial charge >= 0.3 is 0 Å². The highest BCUT2D eigenvalue weighted by molar-refractivity contribution is 5.94. The van der Waals surface area contributed by atoms with Crippen LogP contribution >= 0.6 is 0 Å². The zero-order valence-electron chi connectivity index (χ0n) is 18.3. The van der Waals surface area contributed by atoms with Crippen molar-refractivity contribution in [3.05, 3.63) is 88.4 Å². The molecular formula is C25H26F2N4O. The maximum absolute atomic E-state index is 13.7. The fourth-order valence-electron chi connectivity index (χ4n) is 4.17. The van der Waals surface area contributed by atoms with E-state index >= 15 is 0 Å². The Balaban J connectivity index is 1.57. The largest absolute Gasteiger partial charge is 0.354 e. The first-order chi connectivity index (χ1) is 15.4. The van der Waals surface area contributed by atoms with Crippen molar-refractivity contribution in [1.29, 1.82) is 0 Å². The Morgan fingerprint density at radius 2 is 1.69 bits per heavy atom. The summed E-state index contributed by atoms with van der Waals surface area (Å²) in [5, 5.41) is 0. The number of nitrogens with zero attached hydrogens (tertiary/aromatic N) is 4. The molecule has 7 heteroatoms. The average molecular weight is 437 g/mol. The first-order valence-corrected chi connectivity index (χ1v) is 10.8. The summed E-state index contributed by atoms with van der Waals surface area (Å²) in [5.41, 5.74) is 3.05. The van der Waals surface area contributed by atoms with Gasteiger partial charge in [0.25, 0.3) is 5.91 Å². The number of rotatable bonds is 4. The van der Waals surface area contributed by atoms with Gasteiger partial charge in [-0.15, -0.1) is 0 Å². The van der Waals surface area contributed by atoms with Crippen molar-refractivity contribution < 1.29 is 13.6 Å². The molecule has 1 aromatic heterocycles. The summed E-state index contributed by atoms with van der Waals surface area (Å²) in [6, 6.07) is 12.4. The number of anilines is 1. The second-order valence-electron chi connectivity index (χ2n) is 8.11. The lowest BCUT2D eigenvalue weighted by Gasteiger charge is -2.26. The van der Waals surface area contributed by atoms with Crippen LogP contribution in [-0.2, 0) is 6.42 Å². The molecule has 1 aliphatic rings. The molecule has 1 fully saturated rings. The second kappa shape index (κ2) is 9.42. The smallest absolute Gasteiger partial charge is 0.254 e. The van der Waals surface area contributed by atoms with Gasteiger partial charge in [0, 0.05) is 49.4 Å². The van der Waals surface area contributed by atoms with Crippen LogP contribution in [0.4, 0.5) is 14.6 Å². The molecule has 0 bridgehead atoms. The minimum atomic E-state index is -0.416. The number of benzene rings is 2. The highest BCUT2D eigenvalue weighted by Gasteiger charge is 2.24. The molecule has 166 valence electrons. The molecule has 1 amide bonds. The van der Waals surface area contributed by atoms with Crippen molar-refractivity contribution in [3.63, 3.8) is 0 Å². The van der Waals surface area contributed by atoms with E-state index in [-0.39, 0.29) is 11.7 Å². The van der Waals surface area contributed by atoms with Crippen LogP contribution < -0.4 is 4.90 Å². The van der Waals surface area contributed by atoms with E-state index in [0.717, 1.165) is 35.6 Å². The summed E-state index contributed by atoms with van der Waals surface area (Å²) >= 11 is 0. The zero-order valence-corrected chi connectivity index (χ0v) is 18.3. The van der Waals surface area contributed by atoms with E-state index in [0.29, 0.717) is 37.4 Å². The van der Waals surface area contributed by atoms with Crippen molar-refractivity contribution in [1.82, 2.24) is 14.9 Å². The van der Waals surface area contributed by atoms with Crippen LogP contribution in [-0.4, -0.2) is 47.0 Å². The van der Waals surface area contributed by atoms with Crippen LogP contribution in [0.25, 0.3) is 0 Å². The number of aryl methyl sites for hydroxylation is 2. The maximum Gasteiger partial charge on any atom is 0.254 e. The minimum Gasteiger partial charge on any atom is -0.354 e. The number of amides is 1. The third-order valence-corrected chi connectivity index (χ3v) is 5.73. The molecule has 2 heterocycles. The highest BCUT2D eigenvalue weighted by atomic mass is 19.1. The van der Waals surface area contributed by atoms with E-state index in [1.807, 2.05) is 19.9 Å². The van der Waals surface area contributed by atoms with Crippen molar-refractivity contribution >= 4 is 11.7 Å². The van der Waals surface area contributed by atoms with Gasteiger partial charge in [-0.3, -0.25) is 4.79 Å². The van der Waals surface area contributed by atoms with Crippen molar-refractivity contribution in [2.75, 3.05) is 31.1 Å². The number of hydrogen-bond donors (Lipinski definition) is 0. The predicted octanol–water partition coefficient (Wildman–Crippen LogP) is 4.31. The van der Waals surface area contributed by atoms with E-state index in [1.54, 1.807) is 23.1 Å². The SMILES string of the molecule is Cc1nc(C)c(Cc2cccc(F)c2)c(N2CCCN(C(=O)c3cccc(F)c3)CC2)n1. The molecule has 32 heavy (non-hydrogen) atoms. The molecule has 0 N–H and O–H groups in total. The second-order valence-corrected chi connectivity index (χ2v) is 8.11. The molecule has 0 aliphatic carbocycles. The predicted molar refractivity (Wildman–Crippen MR) is 120 cm³/mol. The number of carbonyl (C=O) groups is 1.